The van der Waals surface area contributed by atoms with Crippen molar-refractivity contribution in [3.63, 3.8) is 0 Å². The summed E-state index contributed by atoms with van der Waals surface area (Å²) in [5, 5.41) is 0. The van der Waals surface area contributed by atoms with Crippen LogP contribution in [0.25, 0.3) is 0 Å². The van der Waals surface area contributed by atoms with Gasteiger partial charge in [0.1, 0.15) is 0 Å². The molecular weight excluding hydrogens is 214 g/mol. The number of ether oxygens (including phenoxy) is 1. The van der Waals surface area contributed by atoms with Gasteiger partial charge in [-0.3, -0.25) is 0 Å². The quantitative estimate of drug-likeness (QED) is 0.787. The number of halogens is 2. The molecule has 0 atom stereocenters. The molecule has 5 heteroatoms. The smallest absolute Gasteiger partial charge is 0.263 e. The molecule has 0 amide bonds. The molecule has 1 saturated heterocycles. The average molecular weight is 228 g/mol. The van der Waals surface area contributed by atoms with Crippen molar-refractivity contribution in [3.05, 3.63) is 23.8 Å². The van der Waals surface area contributed by atoms with Crippen LogP contribution in [0, 0.1) is 0 Å². The fourth-order valence-corrected chi connectivity index (χ4v) is 1.79. The highest BCUT2D eigenvalue weighted by atomic mass is 19.3. The molecule has 1 heterocycles. The van der Waals surface area contributed by atoms with Crippen molar-refractivity contribution in [1.29, 1.82) is 0 Å². The highest BCUT2D eigenvalue weighted by Gasteiger charge is 2.15. The minimum atomic E-state index is -2.48. The predicted molar refractivity (Wildman–Crippen MR) is 58.8 cm³/mol. The lowest BCUT2D eigenvalue weighted by atomic mass is 10.1. The molecule has 1 aliphatic rings. The van der Waals surface area contributed by atoms with Crippen LogP contribution in [0.3, 0.4) is 0 Å². The van der Waals surface area contributed by atoms with Gasteiger partial charge in [-0.15, -0.1) is 0 Å². The third-order valence-electron chi connectivity index (χ3n) is 2.59. The number of morpholine rings is 1. The lowest BCUT2D eigenvalue weighted by Gasteiger charge is -2.29. The van der Waals surface area contributed by atoms with E-state index in [4.69, 9.17) is 10.5 Å². The van der Waals surface area contributed by atoms with Gasteiger partial charge in [-0.25, -0.2) is 8.78 Å². The Kier molecular flexibility index (Phi) is 3.24. The minimum absolute atomic E-state index is 0.0264. The summed E-state index contributed by atoms with van der Waals surface area (Å²) in [6, 6.07) is 4.53. The van der Waals surface area contributed by atoms with Crippen molar-refractivity contribution in [1.82, 2.24) is 0 Å². The molecule has 1 fully saturated rings. The highest BCUT2D eigenvalue weighted by Crippen LogP contribution is 2.27. The minimum Gasteiger partial charge on any atom is -0.399 e. The Morgan fingerprint density at radius 1 is 1.19 bits per heavy atom. The number of hydrogen-bond acceptors (Lipinski definition) is 3. The standard InChI is InChI=1S/C11H14F2N2O/c12-11(13)8-5-9(14)7-10(6-8)15-1-3-16-4-2-15/h5-7,11H,1-4,14H2. The van der Waals surface area contributed by atoms with E-state index in [0.29, 0.717) is 32.0 Å². The summed E-state index contributed by atoms with van der Waals surface area (Å²) in [5.41, 5.74) is 6.71. The molecule has 2 N–H and O–H groups in total. The predicted octanol–water partition coefficient (Wildman–Crippen LogP) is 2.04. The van der Waals surface area contributed by atoms with Crippen LogP contribution in [-0.4, -0.2) is 26.3 Å². The number of nitrogens with two attached hydrogens (primary N) is 1. The molecule has 1 aliphatic heterocycles. The summed E-state index contributed by atoms with van der Waals surface area (Å²) >= 11 is 0. The van der Waals surface area contributed by atoms with Gasteiger partial charge < -0.3 is 15.4 Å². The zero-order valence-electron chi connectivity index (χ0n) is 8.83. The van der Waals surface area contributed by atoms with E-state index in [1.807, 2.05) is 4.90 Å². The Bertz CT molecular complexity index is 365. The third kappa shape index (κ3) is 2.41. The van der Waals surface area contributed by atoms with E-state index >= 15 is 0 Å². The molecule has 88 valence electrons. The van der Waals surface area contributed by atoms with Crippen LogP contribution in [0.4, 0.5) is 20.2 Å². The highest BCUT2D eigenvalue weighted by molar-refractivity contribution is 5.59. The SMILES string of the molecule is Nc1cc(C(F)F)cc(N2CCOCC2)c1. The van der Waals surface area contributed by atoms with Gasteiger partial charge in [0.05, 0.1) is 13.2 Å². The summed E-state index contributed by atoms with van der Waals surface area (Å²) in [7, 11) is 0. The second kappa shape index (κ2) is 4.65. The Morgan fingerprint density at radius 2 is 1.88 bits per heavy atom. The number of alkyl halides is 2. The molecule has 2 rings (SSSR count). The van der Waals surface area contributed by atoms with E-state index in [0.717, 1.165) is 5.69 Å². The van der Waals surface area contributed by atoms with Gasteiger partial charge in [0, 0.05) is 30.0 Å². The first-order chi connectivity index (χ1) is 7.66. The number of hydrogen-bond donors (Lipinski definition) is 1. The lowest BCUT2D eigenvalue weighted by Crippen LogP contribution is -2.36. The van der Waals surface area contributed by atoms with E-state index in [1.54, 1.807) is 6.07 Å². The van der Waals surface area contributed by atoms with E-state index in [-0.39, 0.29) is 5.56 Å². The van der Waals surface area contributed by atoms with Crippen LogP contribution in [0.5, 0.6) is 0 Å². The maximum atomic E-state index is 12.6. The topological polar surface area (TPSA) is 38.5 Å². The van der Waals surface area contributed by atoms with Gasteiger partial charge in [0.25, 0.3) is 6.43 Å². The Balaban J connectivity index is 2.25. The zero-order valence-corrected chi connectivity index (χ0v) is 8.83. The van der Waals surface area contributed by atoms with Gasteiger partial charge in [0.2, 0.25) is 0 Å². The molecule has 0 unspecified atom stereocenters. The molecule has 16 heavy (non-hydrogen) atoms. The summed E-state index contributed by atoms with van der Waals surface area (Å²) in [6.07, 6.45) is -2.48. The molecule has 0 bridgehead atoms. The molecule has 0 aliphatic carbocycles. The Labute approximate surface area is 92.8 Å². The molecule has 1 aromatic carbocycles. The van der Waals surface area contributed by atoms with Crippen molar-refractivity contribution >= 4 is 11.4 Å². The van der Waals surface area contributed by atoms with Crippen LogP contribution in [0.1, 0.15) is 12.0 Å². The van der Waals surface area contributed by atoms with Crippen molar-refractivity contribution in [2.75, 3.05) is 36.9 Å². The van der Waals surface area contributed by atoms with Gasteiger partial charge >= 0.3 is 0 Å². The van der Waals surface area contributed by atoms with Crippen molar-refractivity contribution in [2.45, 2.75) is 6.43 Å². The molecular formula is C11H14F2N2O. The number of rotatable bonds is 2. The van der Waals surface area contributed by atoms with Gasteiger partial charge in [0.15, 0.2) is 0 Å². The van der Waals surface area contributed by atoms with Gasteiger partial charge in [-0.1, -0.05) is 0 Å². The van der Waals surface area contributed by atoms with Crippen molar-refractivity contribution in [3.8, 4) is 0 Å². The summed E-state index contributed by atoms with van der Waals surface area (Å²) in [5.74, 6) is 0. The van der Waals surface area contributed by atoms with Gasteiger partial charge in [-0.05, 0) is 18.2 Å². The Hall–Kier alpha value is -1.36. The van der Waals surface area contributed by atoms with Crippen molar-refractivity contribution < 1.29 is 13.5 Å². The maximum Gasteiger partial charge on any atom is 0.263 e. The molecule has 0 saturated carbocycles. The summed E-state index contributed by atoms with van der Waals surface area (Å²) in [4.78, 5) is 2.01. The average Bonchev–Trinajstić information content (AvgIpc) is 2.29. The second-order valence-corrected chi connectivity index (χ2v) is 3.76. The van der Waals surface area contributed by atoms with Gasteiger partial charge in [-0.2, -0.15) is 0 Å². The van der Waals surface area contributed by atoms with E-state index in [1.165, 1.54) is 12.1 Å². The monoisotopic (exact) mass is 228 g/mol. The fraction of sp³-hybridized carbons (Fsp3) is 0.455. The number of anilines is 2. The molecule has 0 aromatic heterocycles. The Morgan fingerprint density at radius 3 is 2.50 bits per heavy atom. The molecule has 0 radical (unpaired) electrons. The zero-order chi connectivity index (χ0) is 11.5. The van der Waals surface area contributed by atoms with E-state index in [9.17, 15) is 8.78 Å². The molecule has 1 aromatic rings. The van der Waals surface area contributed by atoms with E-state index < -0.39 is 6.43 Å². The second-order valence-electron chi connectivity index (χ2n) is 3.76. The number of benzene rings is 1. The van der Waals surface area contributed by atoms with Crippen LogP contribution in [0.2, 0.25) is 0 Å². The largest absolute Gasteiger partial charge is 0.399 e. The maximum absolute atomic E-state index is 12.6. The number of nitrogen functional groups attached to an aromatic ring is 1. The first-order valence-electron chi connectivity index (χ1n) is 5.18. The first kappa shape index (κ1) is 11.1. The molecule has 0 spiro atoms. The first-order valence-corrected chi connectivity index (χ1v) is 5.18. The van der Waals surface area contributed by atoms with Crippen molar-refractivity contribution in [2.24, 2.45) is 0 Å². The molecule has 3 nitrogen and oxygen atoms in total. The lowest BCUT2D eigenvalue weighted by molar-refractivity contribution is 0.122. The fourth-order valence-electron chi connectivity index (χ4n) is 1.79. The third-order valence-corrected chi connectivity index (χ3v) is 2.59. The summed E-state index contributed by atoms with van der Waals surface area (Å²) < 4.78 is 30.4. The van der Waals surface area contributed by atoms with Crippen LogP contribution < -0.4 is 10.6 Å². The van der Waals surface area contributed by atoms with Crippen LogP contribution >= 0.6 is 0 Å². The van der Waals surface area contributed by atoms with E-state index in [2.05, 4.69) is 0 Å². The van der Waals surface area contributed by atoms with Crippen LogP contribution in [0.15, 0.2) is 18.2 Å². The normalized spacial score (nSPS) is 16.8. The summed E-state index contributed by atoms with van der Waals surface area (Å²) in [6.45, 7) is 2.68. The number of nitrogens with zero attached hydrogens (tertiary/aromatic N) is 1. The van der Waals surface area contributed by atoms with Crippen LogP contribution in [-0.2, 0) is 4.74 Å².